The minimum absolute atomic E-state index is 0.00476. The highest BCUT2D eigenvalue weighted by Gasteiger charge is 2.38. The second-order valence-corrected chi connectivity index (χ2v) is 16.2. The summed E-state index contributed by atoms with van der Waals surface area (Å²) in [5.74, 6) is -0.313. The topological polar surface area (TPSA) is 138 Å². The highest BCUT2D eigenvalue weighted by atomic mass is 31.2. The number of fused-ring (bicyclic) bond motifs is 1. The van der Waals surface area contributed by atoms with Crippen molar-refractivity contribution >= 4 is 42.6 Å². The van der Waals surface area contributed by atoms with Crippen LogP contribution in [0.1, 0.15) is 85.0 Å². The predicted molar refractivity (Wildman–Crippen MR) is 202 cm³/mol. The molecule has 3 heterocycles. The number of carbonyl (C=O) groups excluding carboxylic acids is 2. The Morgan fingerprint density at radius 1 is 0.982 bits per heavy atom. The number of methoxy groups -OCH3 is 1. The van der Waals surface area contributed by atoms with E-state index in [-0.39, 0.29) is 48.7 Å². The van der Waals surface area contributed by atoms with Crippen LogP contribution in [-0.2, 0) is 37.3 Å². The standard InChI is InChI=1S/C38H49F3N7O6P/c1-6-53-55(51,54-7-2)23-25-8-14-31(33(20-25)52-5)44-37-42-21-30(38(39,40)41)35(45-37)43-32-15-13-28(29-22-46(4)36(50)34(29)32)26-9-11-27(12-10-26)48-18-16-47(17-19-48)24(3)49/h8,13-15,20-21,26-27H,6-7,9-12,16-19,22-23H2,1-5H3,(H2,42,43,44,45)/t26-,27-. The maximum absolute atomic E-state index is 14.4. The van der Waals surface area contributed by atoms with Crippen molar-refractivity contribution in [2.45, 2.75) is 77.3 Å². The lowest BCUT2D eigenvalue weighted by Gasteiger charge is -2.42. The zero-order chi connectivity index (χ0) is 39.5. The summed E-state index contributed by atoms with van der Waals surface area (Å²) in [4.78, 5) is 39.5. The van der Waals surface area contributed by atoms with E-state index in [0.29, 0.717) is 41.3 Å². The minimum atomic E-state index is -4.80. The van der Waals surface area contributed by atoms with Crippen molar-refractivity contribution in [3.8, 4) is 5.75 Å². The number of ether oxygens (including phenoxy) is 1. The zero-order valence-electron chi connectivity index (χ0n) is 31.9. The number of carbonyl (C=O) groups is 2. The van der Waals surface area contributed by atoms with Crippen LogP contribution in [-0.4, -0.2) is 96.1 Å². The first-order valence-corrected chi connectivity index (χ1v) is 20.4. The Hall–Kier alpha value is -4.24. The fraction of sp³-hybridized carbons (Fsp3) is 0.526. The Kier molecular flexibility index (Phi) is 12.4. The number of anilines is 4. The molecule has 2 aliphatic heterocycles. The summed E-state index contributed by atoms with van der Waals surface area (Å²) >= 11 is 0. The second kappa shape index (κ2) is 16.9. The molecule has 0 bridgehead atoms. The van der Waals surface area contributed by atoms with Crippen molar-refractivity contribution in [1.82, 2.24) is 24.7 Å². The number of piperazine rings is 1. The van der Waals surface area contributed by atoms with E-state index < -0.39 is 25.2 Å². The highest BCUT2D eigenvalue weighted by Crippen LogP contribution is 2.52. The molecule has 2 aromatic carbocycles. The van der Waals surface area contributed by atoms with Crippen molar-refractivity contribution < 1.29 is 41.1 Å². The molecule has 3 aliphatic rings. The number of alkyl halides is 3. The summed E-state index contributed by atoms with van der Waals surface area (Å²) in [5, 5.41) is 5.79. The number of nitrogens with one attached hydrogen (secondary N) is 2. The number of benzene rings is 2. The molecule has 1 aliphatic carbocycles. The molecule has 0 unspecified atom stereocenters. The lowest BCUT2D eigenvalue weighted by Crippen LogP contribution is -2.52. The number of hydrogen-bond acceptors (Lipinski definition) is 11. The molecule has 0 atom stereocenters. The molecule has 17 heteroatoms. The summed E-state index contributed by atoms with van der Waals surface area (Å²) < 4.78 is 72.5. The number of halogens is 3. The average Bonchev–Trinajstić information content (AvgIpc) is 3.45. The largest absolute Gasteiger partial charge is 0.495 e. The maximum Gasteiger partial charge on any atom is 0.421 e. The molecule has 2 N–H and O–H groups in total. The van der Waals surface area contributed by atoms with E-state index in [1.54, 1.807) is 57.0 Å². The Bertz CT molecular complexity index is 1920. The van der Waals surface area contributed by atoms with Crippen LogP contribution in [0.25, 0.3) is 0 Å². The second-order valence-electron chi connectivity index (χ2n) is 14.1. The van der Waals surface area contributed by atoms with Crippen molar-refractivity contribution in [3.05, 3.63) is 64.3 Å². The normalized spacial score (nSPS) is 19.4. The molecule has 55 heavy (non-hydrogen) atoms. The first-order chi connectivity index (χ1) is 26.2. The van der Waals surface area contributed by atoms with Crippen molar-refractivity contribution in [1.29, 1.82) is 0 Å². The summed E-state index contributed by atoms with van der Waals surface area (Å²) in [6.45, 7) is 9.02. The van der Waals surface area contributed by atoms with Crippen molar-refractivity contribution in [2.24, 2.45) is 0 Å². The number of aromatic nitrogens is 2. The van der Waals surface area contributed by atoms with Crippen LogP contribution in [0.2, 0.25) is 0 Å². The van der Waals surface area contributed by atoms with E-state index in [2.05, 4.69) is 25.5 Å². The molecule has 1 aromatic heterocycles. The van der Waals surface area contributed by atoms with E-state index in [0.717, 1.165) is 63.0 Å². The predicted octanol–water partition coefficient (Wildman–Crippen LogP) is 7.53. The van der Waals surface area contributed by atoms with Crippen LogP contribution in [0.4, 0.5) is 36.3 Å². The molecule has 1 saturated carbocycles. The molecule has 1 saturated heterocycles. The van der Waals surface area contributed by atoms with Gasteiger partial charge in [-0.1, -0.05) is 12.1 Å². The van der Waals surface area contributed by atoms with Crippen LogP contribution in [0.15, 0.2) is 36.5 Å². The first-order valence-electron chi connectivity index (χ1n) is 18.7. The third-order valence-electron chi connectivity index (χ3n) is 10.6. The van der Waals surface area contributed by atoms with Gasteiger partial charge in [0, 0.05) is 58.9 Å². The van der Waals surface area contributed by atoms with Gasteiger partial charge in [-0.3, -0.25) is 19.1 Å². The number of rotatable bonds is 13. The molecule has 3 aromatic rings. The maximum atomic E-state index is 14.4. The van der Waals surface area contributed by atoms with Crippen molar-refractivity contribution in [2.75, 3.05) is 64.2 Å². The van der Waals surface area contributed by atoms with E-state index >= 15 is 0 Å². The van der Waals surface area contributed by atoms with Crippen LogP contribution < -0.4 is 15.4 Å². The number of nitrogens with zero attached hydrogens (tertiary/aromatic N) is 5. The number of amides is 2. The molecule has 6 rings (SSSR count). The Morgan fingerprint density at radius 2 is 1.65 bits per heavy atom. The average molecular weight is 788 g/mol. The van der Waals surface area contributed by atoms with E-state index in [4.69, 9.17) is 13.8 Å². The van der Waals surface area contributed by atoms with Crippen LogP contribution in [0, 0.1) is 0 Å². The van der Waals surface area contributed by atoms with Crippen LogP contribution in [0.5, 0.6) is 5.75 Å². The van der Waals surface area contributed by atoms with Gasteiger partial charge in [0.05, 0.1) is 43.4 Å². The third kappa shape index (κ3) is 9.09. The summed E-state index contributed by atoms with van der Waals surface area (Å²) in [6, 6.07) is 8.97. The fourth-order valence-corrected chi connectivity index (χ4v) is 9.58. The smallest absolute Gasteiger partial charge is 0.421 e. The van der Waals surface area contributed by atoms with Gasteiger partial charge in [-0.25, -0.2) is 4.98 Å². The molecule has 0 radical (unpaired) electrons. The minimum Gasteiger partial charge on any atom is -0.495 e. The Morgan fingerprint density at radius 3 is 2.27 bits per heavy atom. The summed E-state index contributed by atoms with van der Waals surface area (Å²) in [5.41, 5.74) is 2.31. The van der Waals surface area contributed by atoms with Gasteiger partial charge in [0.25, 0.3) is 5.91 Å². The number of hydrogen-bond donors (Lipinski definition) is 2. The van der Waals surface area contributed by atoms with Crippen LogP contribution in [0.3, 0.4) is 0 Å². The van der Waals surface area contributed by atoms with Gasteiger partial charge < -0.3 is 34.2 Å². The Balaban J connectivity index is 1.23. The van der Waals surface area contributed by atoms with E-state index in [1.807, 2.05) is 11.0 Å². The van der Waals surface area contributed by atoms with Crippen LogP contribution >= 0.6 is 7.60 Å². The molecule has 2 fully saturated rings. The van der Waals surface area contributed by atoms with Gasteiger partial charge in [-0.2, -0.15) is 18.2 Å². The van der Waals surface area contributed by atoms with E-state index in [9.17, 15) is 27.3 Å². The lowest BCUT2D eigenvalue weighted by molar-refractivity contribution is -0.137. The fourth-order valence-electron chi connectivity index (χ4n) is 7.89. The molecular formula is C38H49F3N7O6P. The summed E-state index contributed by atoms with van der Waals surface area (Å²) in [7, 11) is -0.291. The quantitative estimate of drug-likeness (QED) is 0.166. The first kappa shape index (κ1) is 40.4. The highest BCUT2D eigenvalue weighted by molar-refractivity contribution is 7.53. The van der Waals surface area contributed by atoms with E-state index in [1.165, 1.54) is 7.11 Å². The molecule has 298 valence electrons. The zero-order valence-corrected chi connectivity index (χ0v) is 32.8. The monoisotopic (exact) mass is 787 g/mol. The molecule has 2 amide bonds. The molecule has 0 spiro atoms. The Labute approximate surface area is 319 Å². The van der Waals surface area contributed by atoms with Gasteiger partial charge in [-0.05, 0) is 80.3 Å². The summed E-state index contributed by atoms with van der Waals surface area (Å²) in [6.07, 6.45) is -0.271. The van der Waals surface area contributed by atoms with Gasteiger partial charge in [-0.15, -0.1) is 0 Å². The van der Waals surface area contributed by atoms with Gasteiger partial charge in [0.1, 0.15) is 17.1 Å². The lowest BCUT2D eigenvalue weighted by atomic mass is 9.78. The van der Waals surface area contributed by atoms with Gasteiger partial charge in [0.15, 0.2) is 0 Å². The molecule has 13 nitrogen and oxygen atoms in total. The van der Waals surface area contributed by atoms with Gasteiger partial charge in [0.2, 0.25) is 11.9 Å². The van der Waals surface area contributed by atoms with Gasteiger partial charge >= 0.3 is 13.8 Å². The SMILES string of the molecule is CCOP(=O)(Cc1ccc(Nc2ncc(C(F)(F)F)c(Nc3ccc([C@H]4CC[C@H](N5CCN(C(C)=O)CC5)CC4)c4c3C(=O)N(C)C4)n2)c(OC)c1)OCC. The van der Waals surface area contributed by atoms with Crippen molar-refractivity contribution in [3.63, 3.8) is 0 Å². The third-order valence-corrected chi connectivity index (χ3v) is 12.7. The molecular weight excluding hydrogens is 738 g/mol.